The van der Waals surface area contributed by atoms with E-state index in [0.29, 0.717) is 6.04 Å². The molecule has 2 aliphatic heterocycles. The average molecular weight is 400 g/mol. The molecular weight excluding hydrogens is 370 g/mol. The first-order chi connectivity index (χ1) is 14.8. The summed E-state index contributed by atoms with van der Waals surface area (Å²) in [6.45, 7) is 6.55. The van der Waals surface area contributed by atoms with Gasteiger partial charge in [-0.3, -0.25) is 4.90 Å². The first-order valence-corrected chi connectivity index (χ1v) is 11.0. The summed E-state index contributed by atoms with van der Waals surface area (Å²) in [6, 6.07) is 22.3. The van der Waals surface area contributed by atoms with Crippen LogP contribution in [0.2, 0.25) is 0 Å². The summed E-state index contributed by atoms with van der Waals surface area (Å²) in [5.74, 6) is 0.866. The molecule has 0 atom stereocenters. The minimum atomic E-state index is 0.658. The van der Waals surface area contributed by atoms with Gasteiger partial charge in [0.05, 0.1) is 0 Å². The summed E-state index contributed by atoms with van der Waals surface area (Å²) in [6.07, 6.45) is 5.84. The van der Waals surface area contributed by atoms with E-state index in [-0.39, 0.29) is 0 Å². The van der Waals surface area contributed by atoms with Gasteiger partial charge in [-0.25, -0.2) is 9.97 Å². The molecule has 30 heavy (non-hydrogen) atoms. The lowest BCUT2D eigenvalue weighted by molar-refractivity contribution is 0.177. The Labute approximate surface area is 179 Å². The standard InChI is InChI=1S/C25H29N5/c1-2-6-21(7-3-1)18-22-8-10-23(11-9-22)30-19-24(20-30)28-14-5-15-29(17-16-28)25-26-12-4-13-27-25/h1-4,6-13,24H,5,14-20H2. The first-order valence-electron chi connectivity index (χ1n) is 11.0. The maximum absolute atomic E-state index is 4.42. The van der Waals surface area contributed by atoms with Gasteiger partial charge in [-0.1, -0.05) is 42.5 Å². The predicted octanol–water partition coefficient (Wildman–Crippen LogP) is 3.47. The van der Waals surface area contributed by atoms with E-state index in [9.17, 15) is 0 Å². The fourth-order valence-corrected chi connectivity index (χ4v) is 4.51. The lowest BCUT2D eigenvalue weighted by Crippen LogP contribution is -2.60. The molecule has 2 aromatic carbocycles. The van der Waals surface area contributed by atoms with Crippen LogP contribution in [0.5, 0.6) is 0 Å². The molecule has 1 aromatic heterocycles. The highest BCUT2D eigenvalue weighted by Crippen LogP contribution is 2.25. The number of hydrogen-bond donors (Lipinski definition) is 0. The molecule has 154 valence electrons. The molecule has 0 amide bonds. The normalized spacial score (nSPS) is 18.1. The van der Waals surface area contributed by atoms with Crippen LogP contribution in [0.4, 0.5) is 11.6 Å². The second-order valence-corrected chi connectivity index (χ2v) is 8.31. The Balaban J connectivity index is 1.13. The summed E-state index contributed by atoms with van der Waals surface area (Å²) >= 11 is 0. The second-order valence-electron chi connectivity index (χ2n) is 8.31. The third-order valence-electron chi connectivity index (χ3n) is 6.30. The number of nitrogens with zero attached hydrogens (tertiary/aromatic N) is 5. The van der Waals surface area contributed by atoms with Gasteiger partial charge in [0, 0.05) is 63.4 Å². The van der Waals surface area contributed by atoms with Crippen molar-refractivity contribution < 1.29 is 0 Å². The Bertz CT molecular complexity index is 923. The first kappa shape index (κ1) is 19.1. The minimum Gasteiger partial charge on any atom is -0.368 e. The Hall–Kier alpha value is -2.92. The van der Waals surface area contributed by atoms with Crippen LogP contribution in [0.25, 0.3) is 0 Å². The van der Waals surface area contributed by atoms with Crippen LogP contribution in [0, 0.1) is 0 Å². The van der Waals surface area contributed by atoms with Gasteiger partial charge >= 0.3 is 0 Å². The Morgan fingerprint density at radius 2 is 1.43 bits per heavy atom. The number of hydrogen-bond acceptors (Lipinski definition) is 5. The lowest BCUT2D eigenvalue weighted by atomic mass is 10.0. The molecule has 2 aliphatic rings. The van der Waals surface area contributed by atoms with Crippen LogP contribution < -0.4 is 9.80 Å². The SMILES string of the molecule is c1ccc(Cc2ccc(N3CC(N4CCCN(c5ncccn5)CC4)C3)cc2)cc1. The maximum atomic E-state index is 4.42. The number of aromatic nitrogens is 2. The van der Waals surface area contributed by atoms with E-state index in [4.69, 9.17) is 0 Å². The highest BCUT2D eigenvalue weighted by molar-refractivity contribution is 5.51. The highest BCUT2D eigenvalue weighted by atomic mass is 15.3. The zero-order valence-corrected chi connectivity index (χ0v) is 17.4. The van der Waals surface area contributed by atoms with Crippen LogP contribution in [-0.2, 0) is 6.42 Å². The third-order valence-corrected chi connectivity index (χ3v) is 6.30. The maximum Gasteiger partial charge on any atom is 0.225 e. The zero-order valence-electron chi connectivity index (χ0n) is 17.4. The second kappa shape index (κ2) is 8.84. The summed E-state index contributed by atoms with van der Waals surface area (Å²) < 4.78 is 0. The van der Waals surface area contributed by atoms with Crippen molar-refractivity contribution in [3.05, 3.63) is 84.2 Å². The van der Waals surface area contributed by atoms with Crippen LogP contribution in [0.15, 0.2) is 73.1 Å². The van der Waals surface area contributed by atoms with Crippen LogP contribution in [0.3, 0.4) is 0 Å². The number of rotatable bonds is 5. The van der Waals surface area contributed by atoms with Crippen LogP contribution >= 0.6 is 0 Å². The zero-order chi connectivity index (χ0) is 20.2. The summed E-state index contributed by atoms with van der Waals surface area (Å²) in [7, 11) is 0. The van der Waals surface area contributed by atoms with Gasteiger partial charge in [-0.2, -0.15) is 0 Å². The van der Waals surface area contributed by atoms with E-state index in [1.54, 1.807) is 0 Å². The van der Waals surface area contributed by atoms with E-state index in [1.807, 2.05) is 18.5 Å². The minimum absolute atomic E-state index is 0.658. The van der Waals surface area contributed by atoms with E-state index >= 15 is 0 Å². The summed E-state index contributed by atoms with van der Waals surface area (Å²) in [4.78, 5) is 16.3. The van der Waals surface area contributed by atoms with Crippen molar-refractivity contribution in [2.24, 2.45) is 0 Å². The number of benzene rings is 2. The molecule has 0 spiro atoms. The monoisotopic (exact) mass is 399 g/mol. The molecule has 0 unspecified atom stereocenters. The topological polar surface area (TPSA) is 35.5 Å². The molecule has 0 radical (unpaired) electrons. The van der Waals surface area contributed by atoms with Gasteiger partial charge in [0.2, 0.25) is 5.95 Å². The van der Waals surface area contributed by atoms with Crippen LogP contribution in [-0.4, -0.2) is 60.2 Å². The smallest absolute Gasteiger partial charge is 0.225 e. The van der Waals surface area contributed by atoms with Gasteiger partial charge in [0.25, 0.3) is 0 Å². The van der Waals surface area contributed by atoms with Gasteiger partial charge in [0.15, 0.2) is 0 Å². The molecule has 3 aromatic rings. The summed E-state index contributed by atoms with van der Waals surface area (Å²) in [5, 5.41) is 0. The van der Waals surface area contributed by atoms with E-state index in [1.165, 1.54) is 23.2 Å². The van der Waals surface area contributed by atoms with Crippen molar-refractivity contribution in [2.45, 2.75) is 18.9 Å². The van der Waals surface area contributed by atoms with Crippen LogP contribution in [0.1, 0.15) is 17.5 Å². The Morgan fingerprint density at radius 1 is 0.700 bits per heavy atom. The molecule has 3 heterocycles. The van der Waals surface area contributed by atoms with Crippen molar-refractivity contribution in [1.29, 1.82) is 0 Å². The molecule has 0 saturated carbocycles. The molecule has 5 nitrogen and oxygen atoms in total. The third kappa shape index (κ3) is 4.31. The Kier molecular flexibility index (Phi) is 5.62. The van der Waals surface area contributed by atoms with E-state index in [2.05, 4.69) is 79.3 Å². The average Bonchev–Trinajstić information content (AvgIpc) is 3.02. The fraction of sp³-hybridized carbons (Fsp3) is 0.360. The molecular formula is C25H29N5. The van der Waals surface area contributed by atoms with Gasteiger partial charge in [-0.15, -0.1) is 0 Å². The summed E-state index contributed by atoms with van der Waals surface area (Å²) in [5.41, 5.74) is 4.08. The molecule has 5 rings (SSSR count). The van der Waals surface area contributed by atoms with E-state index < -0.39 is 0 Å². The van der Waals surface area contributed by atoms with Crippen molar-refractivity contribution in [3.8, 4) is 0 Å². The van der Waals surface area contributed by atoms with Gasteiger partial charge < -0.3 is 9.80 Å². The van der Waals surface area contributed by atoms with Crippen molar-refractivity contribution in [1.82, 2.24) is 14.9 Å². The molecule has 5 heteroatoms. The molecule has 0 bridgehead atoms. The van der Waals surface area contributed by atoms with E-state index in [0.717, 1.165) is 51.6 Å². The largest absolute Gasteiger partial charge is 0.368 e. The molecule has 2 fully saturated rings. The quantitative estimate of drug-likeness (QED) is 0.657. The van der Waals surface area contributed by atoms with Gasteiger partial charge in [0.1, 0.15) is 0 Å². The molecule has 2 saturated heterocycles. The predicted molar refractivity (Wildman–Crippen MR) is 122 cm³/mol. The molecule has 0 aliphatic carbocycles. The highest BCUT2D eigenvalue weighted by Gasteiger charge is 2.33. The van der Waals surface area contributed by atoms with Gasteiger partial charge in [-0.05, 0) is 42.2 Å². The van der Waals surface area contributed by atoms with Crippen molar-refractivity contribution in [3.63, 3.8) is 0 Å². The Morgan fingerprint density at radius 3 is 2.20 bits per heavy atom. The lowest BCUT2D eigenvalue weighted by Gasteiger charge is -2.46. The number of anilines is 2. The fourth-order valence-electron chi connectivity index (χ4n) is 4.51. The van der Waals surface area contributed by atoms with Crippen molar-refractivity contribution in [2.75, 3.05) is 49.1 Å². The molecule has 0 N–H and O–H groups in total. The van der Waals surface area contributed by atoms with Crippen molar-refractivity contribution >= 4 is 11.6 Å².